The zero-order valence-corrected chi connectivity index (χ0v) is 20.6. The molecule has 1 heterocycles. The van der Waals surface area contributed by atoms with E-state index in [1.54, 1.807) is 0 Å². The minimum atomic E-state index is -1.69. The zero-order chi connectivity index (χ0) is 25.7. The fourth-order valence-electron chi connectivity index (χ4n) is 5.35. The van der Waals surface area contributed by atoms with E-state index in [4.69, 9.17) is 15.2 Å². The predicted octanol–water partition coefficient (Wildman–Crippen LogP) is 4.41. The van der Waals surface area contributed by atoms with Gasteiger partial charge in [-0.3, -0.25) is 4.90 Å². The van der Waals surface area contributed by atoms with Crippen LogP contribution in [0.25, 0.3) is 0 Å². The van der Waals surface area contributed by atoms with Crippen LogP contribution in [0.5, 0.6) is 11.5 Å². The van der Waals surface area contributed by atoms with Crippen LogP contribution in [0.3, 0.4) is 0 Å². The molecule has 7 nitrogen and oxygen atoms in total. The van der Waals surface area contributed by atoms with Gasteiger partial charge in [0.25, 0.3) is 0 Å². The molecule has 2 atom stereocenters. The molecular weight excluding hydrogens is 450 g/mol. The van der Waals surface area contributed by atoms with Crippen molar-refractivity contribution in [2.45, 2.75) is 26.3 Å². The molecule has 7 heteroatoms. The molecule has 2 aliphatic rings. The number of nitrogens with two attached hydrogens (primary N) is 1. The van der Waals surface area contributed by atoms with Gasteiger partial charge in [0.15, 0.2) is 16.9 Å². The van der Waals surface area contributed by atoms with Crippen LogP contribution in [0.4, 0.5) is 0 Å². The van der Waals surface area contributed by atoms with Crippen molar-refractivity contribution >= 4 is 0 Å². The third-order valence-electron chi connectivity index (χ3n) is 6.92. The number of nitriles is 3. The number of nitrogens with zero attached hydrogens (tertiary/aromatic N) is 4. The maximum absolute atomic E-state index is 10.4. The molecule has 0 radical (unpaired) electrons. The van der Waals surface area contributed by atoms with Crippen LogP contribution in [0.1, 0.15) is 30.9 Å². The van der Waals surface area contributed by atoms with Gasteiger partial charge in [0.1, 0.15) is 6.07 Å². The highest BCUT2D eigenvalue weighted by atomic mass is 16.5. The fourth-order valence-corrected chi connectivity index (χ4v) is 5.35. The number of ether oxygens (including phenoxy) is 2. The summed E-state index contributed by atoms with van der Waals surface area (Å²) in [5.74, 6) is 0.281. The van der Waals surface area contributed by atoms with E-state index in [1.165, 1.54) is 5.56 Å². The lowest BCUT2D eigenvalue weighted by Gasteiger charge is -2.45. The van der Waals surface area contributed by atoms with E-state index < -0.39 is 11.3 Å². The highest BCUT2D eigenvalue weighted by Crippen LogP contribution is 2.55. The van der Waals surface area contributed by atoms with Gasteiger partial charge in [0.2, 0.25) is 0 Å². The molecule has 0 aromatic heterocycles. The molecule has 1 aliphatic carbocycles. The molecule has 2 N–H and O–H groups in total. The van der Waals surface area contributed by atoms with E-state index >= 15 is 0 Å². The average molecular weight is 480 g/mol. The number of rotatable bonds is 7. The van der Waals surface area contributed by atoms with Crippen LogP contribution in [-0.4, -0.2) is 31.2 Å². The minimum absolute atomic E-state index is 0.0193. The van der Waals surface area contributed by atoms with E-state index in [2.05, 4.69) is 35.2 Å². The first-order chi connectivity index (χ1) is 17.5. The molecule has 0 fully saturated rings. The van der Waals surface area contributed by atoms with Gasteiger partial charge in [-0.2, -0.15) is 15.8 Å². The molecule has 182 valence electrons. The molecule has 2 aromatic carbocycles. The summed E-state index contributed by atoms with van der Waals surface area (Å²) in [6.45, 7) is 6.65. The molecule has 0 spiro atoms. The van der Waals surface area contributed by atoms with Gasteiger partial charge in [0.05, 0.1) is 36.6 Å². The van der Waals surface area contributed by atoms with Gasteiger partial charge in [-0.1, -0.05) is 42.5 Å². The fraction of sp³-hybridized carbons (Fsp3) is 0.345. The second-order valence-corrected chi connectivity index (χ2v) is 8.93. The first-order valence-corrected chi connectivity index (χ1v) is 12.1. The van der Waals surface area contributed by atoms with Gasteiger partial charge >= 0.3 is 0 Å². The standard InChI is InChI=1S/C29H29N5O2/c1-3-35-25-11-10-21(14-26(25)36-4-2)27-24-17-34(16-20-8-6-5-7-9-20)13-12-22(24)23(15-30)28(33)29(27,18-31)19-32/h5-12,14,24,27H,3-4,13,16-17,33H2,1-2H3/t24-,27-/m1/s1. The van der Waals surface area contributed by atoms with Crippen molar-refractivity contribution in [1.29, 1.82) is 15.8 Å². The summed E-state index contributed by atoms with van der Waals surface area (Å²) >= 11 is 0. The van der Waals surface area contributed by atoms with Crippen molar-refractivity contribution in [2.75, 3.05) is 26.3 Å². The third-order valence-corrected chi connectivity index (χ3v) is 6.92. The minimum Gasteiger partial charge on any atom is -0.490 e. The Kier molecular flexibility index (Phi) is 7.30. The maximum Gasteiger partial charge on any atom is 0.191 e. The lowest BCUT2D eigenvalue weighted by Crippen LogP contribution is -2.47. The SMILES string of the molecule is CCOc1ccc([C@@H]2[C@@H]3CN(Cc4ccccc4)CC=C3C(C#N)=C(N)C2(C#N)C#N)cc1OCC. The van der Waals surface area contributed by atoms with Gasteiger partial charge in [-0.05, 0) is 42.7 Å². The second-order valence-electron chi connectivity index (χ2n) is 8.93. The van der Waals surface area contributed by atoms with Crippen molar-refractivity contribution in [3.63, 3.8) is 0 Å². The summed E-state index contributed by atoms with van der Waals surface area (Å²) in [6.07, 6.45) is 2.02. The largest absolute Gasteiger partial charge is 0.490 e. The lowest BCUT2D eigenvalue weighted by molar-refractivity contribution is 0.200. The normalized spacial score (nSPS) is 20.8. The number of hydrogen-bond acceptors (Lipinski definition) is 7. The van der Waals surface area contributed by atoms with Crippen LogP contribution in [0.15, 0.2) is 71.5 Å². The van der Waals surface area contributed by atoms with Gasteiger partial charge in [0, 0.05) is 31.5 Å². The van der Waals surface area contributed by atoms with E-state index in [0.717, 1.165) is 11.1 Å². The van der Waals surface area contributed by atoms with E-state index in [1.807, 2.05) is 56.3 Å². The van der Waals surface area contributed by atoms with E-state index in [9.17, 15) is 15.8 Å². The van der Waals surface area contributed by atoms with Crippen molar-refractivity contribution in [2.24, 2.45) is 17.1 Å². The summed E-state index contributed by atoms with van der Waals surface area (Å²) in [5, 5.41) is 30.7. The third kappa shape index (κ3) is 4.29. The van der Waals surface area contributed by atoms with Crippen LogP contribution < -0.4 is 15.2 Å². The highest BCUT2D eigenvalue weighted by molar-refractivity contribution is 5.60. The Labute approximate surface area is 212 Å². The topological polar surface area (TPSA) is 119 Å². The number of allylic oxidation sites excluding steroid dienone is 2. The van der Waals surface area contributed by atoms with Crippen LogP contribution in [0.2, 0.25) is 0 Å². The van der Waals surface area contributed by atoms with Crippen molar-refractivity contribution < 1.29 is 9.47 Å². The maximum atomic E-state index is 10.4. The van der Waals surface area contributed by atoms with Crippen molar-refractivity contribution in [1.82, 2.24) is 4.90 Å². The lowest BCUT2D eigenvalue weighted by atomic mass is 9.58. The van der Waals surface area contributed by atoms with Gasteiger partial charge in [-0.15, -0.1) is 0 Å². The molecule has 0 saturated carbocycles. The molecule has 0 saturated heterocycles. The van der Waals surface area contributed by atoms with Crippen LogP contribution in [0, 0.1) is 45.3 Å². The summed E-state index contributed by atoms with van der Waals surface area (Å²) in [4.78, 5) is 2.27. The quantitative estimate of drug-likeness (QED) is 0.625. The van der Waals surface area contributed by atoms with Gasteiger partial charge in [-0.25, -0.2) is 0 Å². The average Bonchev–Trinajstić information content (AvgIpc) is 2.90. The Hall–Kier alpha value is -4.25. The molecule has 0 unspecified atom stereocenters. The summed E-state index contributed by atoms with van der Waals surface area (Å²) in [6, 6.07) is 22.3. The molecular formula is C29H29N5O2. The van der Waals surface area contributed by atoms with Crippen molar-refractivity contribution in [3.05, 3.63) is 82.6 Å². The highest BCUT2D eigenvalue weighted by Gasteiger charge is 2.54. The second kappa shape index (κ2) is 10.6. The van der Waals surface area contributed by atoms with Crippen LogP contribution >= 0.6 is 0 Å². The molecule has 0 bridgehead atoms. The number of benzene rings is 2. The summed E-state index contributed by atoms with van der Waals surface area (Å²) < 4.78 is 11.6. The monoisotopic (exact) mass is 479 g/mol. The molecule has 36 heavy (non-hydrogen) atoms. The first kappa shape index (κ1) is 24.9. The Bertz CT molecular complexity index is 1300. The Morgan fingerprint density at radius 2 is 1.69 bits per heavy atom. The molecule has 1 aliphatic heterocycles. The number of hydrogen-bond donors (Lipinski definition) is 1. The summed E-state index contributed by atoms with van der Waals surface area (Å²) in [5.41, 5.74) is 7.75. The molecule has 2 aromatic rings. The molecule has 0 amide bonds. The smallest absolute Gasteiger partial charge is 0.191 e. The molecule has 4 rings (SSSR count). The summed E-state index contributed by atoms with van der Waals surface area (Å²) in [7, 11) is 0. The number of fused-ring (bicyclic) bond motifs is 1. The Morgan fingerprint density at radius 1 is 1.00 bits per heavy atom. The van der Waals surface area contributed by atoms with Gasteiger partial charge < -0.3 is 15.2 Å². The predicted molar refractivity (Wildman–Crippen MR) is 135 cm³/mol. The van der Waals surface area contributed by atoms with Crippen LogP contribution in [-0.2, 0) is 6.54 Å². The van der Waals surface area contributed by atoms with Crippen molar-refractivity contribution in [3.8, 4) is 29.7 Å². The Balaban J connectivity index is 1.86. The van der Waals surface area contributed by atoms with E-state index in [0.29, 0.717) is 44.3 Å². The zero-order valence-electron chi connectivity index (χ0n) is 20.6. The first-order valence-electron chi connectivity index (χ1n) is 12.1. The van der Waals surface area contributed by atoms with E-state index in [-0.39, 0.29) is 17.2 Å². The Morgan fingerprint density at radius 3 is 2.33 bits per heavy atom.